The molecule has 2 unspecified atom stereocenters. The van der Waals surface area contributed by atoms with Gasteiger partial charge in [-0.25, -0.2) is 0 Å². The average molecular weight is 1210 g/mol. The Bertz CT molecular complexity index is 1350. The summed E-state index contributed by atoms with van der Waals surface area (Å²) in [5.74, 6) is -0.0387. The molecular weight excluding hydrogens is 1050 g/mol. The molecule has 1 amide bonds. The van der Waals surface area contributed by atoms with Crippen LogP contribution in [0.15, 0.2) is 24.3 Å². The van der Waals surface area contributed by atoms with Gasteiger partial charge in [0, 0.05) is 12.8 Å². The Labute approximate surface area is 539 Å². The molecule has 510 valence electrons. The monoisotopic (exact) mass is 1210 g/mol. The SMILES string of the molecule is CCCCCCCCCCCCCCCCCCCCC/C=C/C(O)C(CO)NC(=O)CCCCCCCCCCCCCCCCC/C=C\CCCCCCCCCCCCCCOC(=O)CCCCCCCCCCCCCCCCCCC. The van der Waals surface area contributed by atoms with Crippen molar-refractivity contribution in [1.29, 1.82) is 0 Å². The van der Waals surface area contributed by atoms with Crippen LogP contribution < -0.4 is 5.32 Å². The van der Waals surface area contributed by atoms with Gasteiger partial charge in [-0.15, -0.1) is 0 Å². The molecule has 6 nitrogen and oxygen atoms in total. The van der Waals surface area contributed by atoms with Crippen LogP contribution in [0, 0.1) is 0 Å². The lowest BCUT2D eigenvalue weighted by Gasteiger charge is -2.20. The highest BCUT2D eigenvalue weighted by Crippen LogP contribution is 2.20. The molecule has 86 heavy (non-hydrogen) atoms. The van der Waals surface area contributed by atoms with E-state index in [-0.39, 0.29) is 18.5 Å². The quantitative estimate of drug-likeness (QED) is 0.0320. The standard InChI is InChI=1S/C80H155NO5/c1-3-5-7-9-11-13-15-17-19-21-22-34-37-41-44-48-52-56-60-64-68-72-78(83)77(76-82)81-79(84)73-69-65-61-57-53-49-45-42-38-35-32-30-28-26-24-23-25-27-29-31-33-36-39-43-47-51-55-59-63-67-71-75-86-80(85)74-70-66-62-58-54-50-46-40-20-18-16-14-12-10-8-6-4-2/h25,27,68,72,77-78,82-83H,3-24,26,28-67,69-71,73-76H2,1-2H3,(H,81,84)/b27-25-,72-68+. The normalized spacial score (nSPS) is 12.6. The number of ether oxygens (including phenoxy) is 1. The average Bonchev–Trinajstić information content (AvgIpc) is 3.57. The second kappa shape index (κ2) is 75.8. The highest BCUT2D eigenvalue weighted by Gasteiger charge is 2.18. The van der Waals surface area contributed by atoms with E-state index in [0.29, 0.717) is 19.4 Å². The fourth-order valence-corrected chi connectivity index (χ4v) is 12.7. The predicted octanol–water partition coefficient (Wildman–Crippen LogP) is 26.0. The van der Waals surface area contributed by atoms with Crippen molar-refractivity contribution in [3.05, 3.63) is 24.3 Å². The van der Waals surface area contributed by atoms with Gasteiger partial charge in [0.15, 0.2) is 0 Å². The topological polar surface area (TPSA) is 95.9 Å². The molecule has 0 heterocycles. The number of aliphatic hydroxyl groups excluding tert-OH is 2. The third kappa shape index (κ3) is 71.4. The third-order valence-corrected chi connectivity index (χ3v) is 18.7. The maximum Gasteiger partial charge on any atom is 0.305 e. The van der Waals surface area contributed by atoms with Crippen molar-refractivity contribution >= 4 is 11.9 Å². The second-order valence-corrected chi connectivity index (χ2v) is 27.4. The van der Waals surface area contributed by atoms with Gasteiger partial charge in [-0.3, -0.25) is 9.59 Å². The Morgan fingerprint density at radius 3 is 0.826 bits per heavy atom. The number of carbonyl (C=O) groups is 2. The van der Waals surface area contributed by atoms with Gasteiger partial charge < -0.3 is 20.3 Å². The highest BCUT2D eigenvalue weighted by atomic mass is 16.5. The van der Waals surface area contributed by atoms with E-state index in [2.05, 4.69) is 31.3 Å². The van der Waals surface area contributed by atoms with Crippen LogP contribution in [0.1, 0.15) is 450 Å². The van der Waals surface area contributed by atoms with Gasteiger partial charge in [-0.1, -0.05) is 404 Å². The predicted molar refractivity (Wildman–Crippen MR) is 380 cm³/mol. The first-order valence-electron chi connectivity index (χ1n) is 39.6. The Morgan fingerprint density at radius 1 is 0.314 bits per heavy atom. The number of nitrogens with one attached hydrogen (secondary N) is 1. The lowest BCUT2D eigenvalue weighted by atomic mass is 10.0. The zero-order chi connectivity index (χ0) is 62.0. The summed E-state index contributed by atoms with van der Waals surface area (Å²) < 4.78 is 5.51. The molecule has 0 aliphatic rings. The van der Waals surface area contributed by atoms with Gasteiger partial charge in [-0.05, 0) is 57.8 Å². The number of esters is 1. The van der Waals surface area contributed by atoms with E-state index in [0.717, 1.165) is 38.5 Å². The number of hydrogen-bond donors (Lipinski definition) is 3. The fraction of sp³-hybridized carbons (Fsp3) is 0.925. The van der Waals surface area contributed by atoms with Crippen LogP contribution in [-0.4, -0.2) is 47.4 Å². The maximum atomic E-state index is 12.5. The van der Waals surface area contributed by atoms with Crippen molar-refractivity contribution in [2.24, 2.45) is 0 Å². The molecule has 0 fully saturated rings. The molecule has 0 saturated carbocycles. The molecule has 0 aliphatic carbocycles. The smallest absolute Gasteiger partial charge is 0.305 e. The van der Waals surface area contributed by atoms with Gasteiger partial charge >= 0.3 is 5.97 Å². The molecule has 0 saturated heterocycles. The lowest BCUT2D eigenvalue weighted by molar-refractivity contribution is -0.143. The van der Waals surface area contributed by atoms with Gasteiger partial charge in [0.25, 0.3) is 0 Å². The number of carbonyl (C=O) groups excluding carboxylic acids is 2. The number of amides is 1. The molecule has 0 aromatic carbocycles. The van der Waals surface area contributed by atoms with Crippen LogP contribution in [0.25, 0.3) is 0 Å². The summed E-state index contributed by atoms with van der Waals surface area (Å²) in [5.41, 5.74) is 0. The molecule has 6 heteroatoms. The Hall–Kier alpha value is -1.66. The molecule has 0 spiro atoms. The van der Waals surface area contributed by atoms with Crippen molar-refractivity contribution in [2.45, 2.75) is 463 Å². The molecular formula is C80H155NO5. The molecule has 0 bridgehead atoms. The Kier molecular flexibility index (Phi) is 74.3. The summed E-state index contributed by atoms with van der Waals surface area (Å²) in [6, 6.07) is -0.627. The van der Waals surface area contributed by atoms with E-state index < -0.39 is 12.1 Å². The van der Waals surface area contributed by atoms with Crippen molar-refractivity contribution in [2.75, 3.05) is 13.2 Å². The van der Waals surface area contributed by atoms with E-state index in [1.54, 1.807) is 6.08 Å². The van der Waals surface area contributed by atoms with Gasteiger partial charge in [0.2, 0.25) is 5.91 Å². The first-order valence-corrected chi connectivity index (χ1v) is 39.6. The minimum Gasteiger partial charge on any atom is -0.466 e. The van der Waals surface area contributed by atoms with Crippen LogP contribution in [0.5, 0.6) is 0 Å². The van der Waals surface area contributed by atoms with Crippen molar-refractivity contribution in [3.63, 3.8) is 0 Å². The Morgan fingerprint density at radius 2 is 0.547 bits per heavy atom. The van der Waals surface area contributed by atoms with Crippen LogP contribution in [-0.2, 0) is 14.3 Å². The first kappa shape index (κ1) is 84.3. The molecule has 0 aromatic heterocycles. The minimum atomic E-state index is -0.844. The van der Waals surface area contributed by atoms with Gasteiger partial charge in [0.05, 0.1) is 25.4 Å². The Balaban J connectivity index is 3.37. The fourth-order valence-electron chi connectivity index (χ4n) is 12.7. The summed E-state index contributed by atoms with van der Waals surface area (Å²) in [6.07, 6.45) is 97.3. The number of rotatable bonds is 75. The summed E-state index contributed by atoms with van der Waals surface area (Å²) >= 11 is 0. The zero-order valence-corrected chi connectivity index (χ0v) is 58.6. The van der Waals surface area contributed by atoms with E-state index in [4.69, 9.17) is 4.74 Å². The van der Waals surface area contributed by atoms with Crippen molar-refractivity contribution in [3.8, 4) is 0 Å². The van der Waals surface area contributed by atoms with E-state index in [1.165, 1.54) is 385 Å². The molecule has 2 atom stereocenters. The van der Waals surface area contributed by atoms with Crippen LogP contribution in [0.2, 0.25) is 0 Å². The first-order chi connectivity index (χ1) is 42.5. The molecule has 0 aliphatic heterocycles. The zero-order valence-electron chi connectivity index (χ0n) is 58.6. The van der Waals surface area contributed by atoms with Gasteiger partial charge in [-0.2, -0.15) is 0 Å². The van der Waals surface area contributed by atoms with E-state index in [9.17, 15) is 19.8 Å². The molecule has 0 rings (SSSR count). The molecule has 0 aromatic rings. The van der Waals surface area contributed by atoms with Gasteiger partial charge in [0.1, 0.15) is 0 Å². The largest absolute Gasteiger partial charge is 0.466 e. The van der Waals surface area contributed by atoms with Crippen LogP contribution >= 0.6 is 0 Å². The lowest BCUT2D eigenvalue weighted by Crippen LogP contribution is -2.45. The highest BCUT2D eigenvalue weighted by molar-refractivity contribution is 5.76. The number of hydrogen-bond acceptors (Lipinski definition) is 5. The third-order valence-electron chi connectivity index (χ3n) is 18.7. The molecule has 0 radical (unpaired) electrons. The van der Waals surface area contributed by atoms with E-state index >= 15 is 0 Å². The van der Waals surface area contributed by atoms with Crippen molar-refractivity contribution in [1.82, 2.24) is 5.32 Å². The second-order valence-electron chi connectivity index (χ2n) is 27.4. The minimum absolute atomic E-state index is 0.0224. The van der Waals surface area contributed by atoms with Crippen molar-refractivity contribution < 1.29 is 24.5 Å². The summed E-state index contributed by atoms with van der Waals surface area (Å²) in [4.78, 5) is 24.7. The number of unbranched alkanes of at least 4 members (excludes halogenated alkanes) is 62. The van der Waals surface area contributed by atoms with Crippen LogP contribution in [0.4, 0.5) is 0 Å². The molecule has 3 N–H and O–H groups in total. The summed E-state index contributed by atoms with van der Waals surface area (Å²) in [6.45, 7) is 4.96. The van der Waals surface area contributed by atoms with Crippen LogP contribution in [0.3, 0.4) is 0 Å². The van der Waals surface area contributed by atoms with E-state index in [1.807, 2.05) is 6.08 Å². The summed E-state index contributed by atoms with van der Waals surface area (Å²) in [5, 5.41) is 23.3. The maximum absolute atomic E-state index is 12.5. The number of allylic oxidation sites excluding steroid dienone is 3. The number of aliphatic hydroxyl groups is 2. The summed E-state index contributed by atoms with van der Waals surface area (Å²) in [7, 11) is 0.